The van der Waals surface area contributed by atoms with E-state index in [0.717, 1.165) is 0 Å². The van der Waals surface area contributed by atoms with Gasteiger partial charge in [0.25, 0.3) is 0 Å². The van der Waals surface area contributed by atoms with Crippen LogP contribution in [-0.2, 0) is 27.1 Å². The van der Waals surface area contributed by atoms with Crippen molar-refractivity contribution in [1.82, 2.24) is 46.1 Å². The van der Waals surface area contributed by atoms with Gasteiger partial charge in [-0.3, -0.25) is 4.57 Å². The highest BCUT2D eigenvalue weighted by Crippen LogP contribution is 2.64. The minimum Gasteiger partial charge on any atom is -0.395 e. The molecule has 2 aromatic heterocycles. The molecule has 0 aliphatic carbocycles. The van der Waals surface area contributed by atoms with Crippen molar-refractivity contribution in [3.05, 3.63) is 12.7 Å². The first-order chi connectivity index (χ1) is 26.6. The third-order valence-electron chi connectivity index (χ3n) is 5.41. The van der Waals surface area contributed by atoms with Crippen molar-refractivity contribution in [2.75, 3.05) is 113 Å². The molecular formula is C25H63N10O19P3. The number of nitrogens with one attached hydrogen (secondary N) is 5. The van der Waals surface area contributed by atoms with E-state index >= 15 is 0 Å². The lowest BCUT2D eigenvalue weighted by molar-refractivity contribution is -0.0511. The monoisotopic (exact) mass is 900 g/mol. The molecule has 0 saturated carbocycles. The lowest BCUT2D eigenvalue weighted by Crippen LogP contribution is -2.33. The smallest absolute Gasteiger partial charge is 0.395 e. The number of hydrogen-bond donors (Lipinski definition) is 19. The molecule has 0 spiro atoms. The molecule has 20 N–H and O–H groups in total. The Kier molecular flexibility index (Phi) is 40.4. The second kappa shape index (κ2) is 37.2. The van der Waals surface area contributed by atoms with Gasteiger partial charge < -0.3 is 102 Å². The Bertz CT molecular complexity index is 1290. The van der Waals surface area contributed by atoms with E-state index in [0.29, 0.717) is 43.9 Å². The van der Waals surface area contributed by atoms with Crippen LogP contribution in [0.25, 0.3) is 11.2 Å². The quantitative estimate of drug-likeness (QED) is 0.0696. The SMILES string of the molecule is CNCCO.CNCCO.CNCCO.CNCCO.CNCCO.Nc1ncnc2c1ncn2[C@@H]1O[C@H](CO)[C@@H](O)[C@H]1O.O=P(O)(O)OP(=O)(O)OP(=O)(O)O. The topological polar surface area (TPSA) is 472 Å². The average molecular weight is 901 g/mol. The predicted molar refractivity (Wildman–Crippen MR) is 204 cm³/mol. The third kappa shape index (κ3) is 34.7. The second-order valence-electron chi connectivity index (χ2n) is 10.1. The van der Waals surface area contributed by atoms with Gasteiger partial charge in [0.05, 0.1) is 46.0 Å². The van der Waals surface area contributed by atoms with E-state index < -0.39 is 54.6 Å². The van der Waals surface area contributed by atoms with Crippen LogP contribution in [0.2, 0.25) is 0 Å². The molecule has 4 atom stereocenters. The van der Waals surface area contributed by atoms with Gasteiger partial charge in [-0.15, -0.1) is 0 Å². The van der Waals surface area contributed by atoms with Crippen LogP contribution in [0.15, 0.2) is 12.7 Å². The number of phosphoric acid groups is 3. The maximum atomic E-state index is 10.4. The lowest BCUT2D eigenvalue weighted by Gasteiger charge is -2.16. The van der Waals surface area contributed by atoms with Crippen LogP contribution in [0, 0.1) is 0 Å². The molecule has 0 aromatic carbocycles. The van der Waals surface area contributed by atoms with Gasteiger partial charge in [-0.25, -0.2) is 28.6 Å². The molecule has 0 bridgehead atoms. The van der Waals surface area contributed by atoms with Crippen molar-refractivity contribution < 1.29 is 92.4 Å². The van der Waals surface area contributed by atoms with Crippen LogP contribution in [0.4, 0.5) is 5.82 Å². The summed E-state index contributed by atoms with van der Waals surface area (Å²) in [5, 5.41) is 82.6. The molecule has 2 aromatic rings. The van der Waals surface area contributed by atoms with Gasteiger partial charge in [0.15, 0.2) is 17.7 Å². The van der Waals surface area contributed by atoms with E-state index in [1.807, 2.05) is 0 Å². The number of ether oxygens (including phenoxy) is 1. The maximum Gasteiger partial charge on any atom is 0.490 e. The molecule has 1 aliphatic rings. The zero-order valence-corrected chi connectivity index (χ0v) is 34.9. The normalized spacial score (nSPS) is 17.4. The number of aromatic nitrogens is 4. The predicted octanol–water partition coefficient (Wildman–Crippen LogP) is -6.68. The summed E-state index contributed by atoms with van der Waals surface area (Å²) in [5.74, 6) is 0.218. The molecule has 0 radical (unpaired) electrons. The number of imidazole rings is 1. The van der Waals surface area contributed by atoms with Crippen LogP contribution < -0.4 is 32.3 Å². The highest BCUT2D eigenvalue weighted by molar-refractivity contribution is 7.66. The van der Waals surface area contributed by atoms with Crippen molar-refractivity contribution in [3.8, 4) is 0 Å². The summed E-state index contributed by atoms with van der Waals surface area (Å²) in [5.41, 5.74) is 6.44. The number of aliphatic hydroxyl groups is 8. The Morgan fingerprint density at radius 3 is 1.30 bits per heavy atom. The number of anilines is 1. The first-order valence-electron chi connectivity index (χ1n) is 16.3. The maximum absolute atomic E-state index is 10.4. The van der Waals surface area contributed by atoms with Gasteiger partial charge in [-0.2, -0.15) is 8.62 Å². The van der Waals surface area contributed by atoms with Crippen LogP contribution in [0.1, 0.15) is 6.23 Å². The number of hydrogen-bond acceptors (Lipinski definition) is 23. The molecule has 342 valence electrons. The van der Waals surface area contributed by atoms with Crippen molar-refractivity contribution in [2.45, 2.75) is 24.5 Å². The number of nitrogens with zero attached hydrogens (tertiary/aromatic N) is 4. The number of fused-ring (bicyclic) bond motifs is 1. The first-order valence-corrected chi connectivity index (χ1v) is 20.9. The van der Waals surface area contributed by atoms with Gasteiger partial charge in [0.1, 0.15) is 30.2 Å². The van der Waals surface area contributed by atoms with Crippen LogP contribution in [0.5, 0.6) is 0 Å². The zero-order valence-electron chi connectivity index (χ0n) is 32.2. The van der Waals surface area contributed by atoms with E-state index in [1.165, 1.54) is 17.2 Å². The van der Waals surface area contributed by atoms with Crippen molar-refractivity contribution in [1.29, 1.82) is 0 Å². The van der Waals surface area contributed by atoms with Gasteiger partial charge >= 0.3 is 23.5 Å². The van der Waals surface area contributed by atoms with E-state index in [4.69, 9.17) is 65.6 Å². The van der Waals surface area contributed by atoms with Gasteiger partial charge in [0.2, 0.25) is 0 Å². The number of nitrogens with two attached hydrogens (primary N) is 1. The molecule has 29 nitrogen and oxygen atoms in total. The summed E-state index contributed by atoms with van der Waals surface area (Å²) in [6.45, 7) is 4.25. The van der Waals surface area contributed by atoms with Crippen LogP contribution in [-0.4, -0.2) is 211 Å². The molecule has 0 unspecified atom stereocenters. The van der Waals surface area contributed by atoms with Gasteiger partial charge in [-0.1, -0.05) is 0 Å². The molecule has 1 aliphatic heterocycles. The fraction of sp³-hybridized carbons (Fsp3) is 0.800. The first kappa shape index (κ1) is 61.9. The number of likely N-dealkylation sites (N-methyl/N-ethyl adjacent to an activating group) is 5. The van der Waals surface area contributed by atoms with E-state index in [-0.39, 0.29) is 38.9 Å². The lowest BCUT2D eigenvalue weighted by atomic mass is 10.1. The molecule has 32 heteroatoms. The summed E-state index contributed by atoms with van der Waals surface area (Å²) < 4.78 is 43.2. The van der Waals surface area contributed by atoms with E-state index in [9.17, 15) is 23.9 Å². The molecular weight excluding hydrogens is 837 g/mol. The van der Waals surface area contributed by atoms with Gasteiger partial charge in [0, 0.05) is 32.7 Å². The van der Waals surface area contributed by atoms with Crippen LogP contribution >= 0.6 is 23.5 Å². The second-order valence-corrected chi connectivity index (χ2v) is 14.3. The Morgan fingerprint density at radius 1 is 0.667 bits per heavy atom. The fourth-order valence-electron chi connectivity index (χ4n) is 3.01. The molecule has 3 heterocycles. The highest BCUT2D eigenvalue weighted by atomic mass is 31.3. The number of rotatable bonds is 16. The van der Waals surface area contributed by atoms with Crippen molar-refractivity contribution in [3.63, 3.8) is 0 Å². The molecule has 57 heavy (non-hydrogen) atoms. The van der Waals surface area contributed by atoms with E-state index in [1.54, 1.807) is 35.2 Å². The molecule has 3 rings (SSSR count). The molecule has 1 saturated heterocycles. The summed E-state index contributed by atoms with van der Waals surface area (Å²) in [6.07, 6.45) is -1.42. The Hall–Kier alpha value is -1.80. The minimum atomic E-state index is -5.46. The molecule has 0 amide bonds. The summed E-state index contributed by atoms with van der Waals surface area (Å²) >= 11 is 0. The fourth-order valence-corrected chi connectivity index (χ4v) is 5.55. The summed E-state index contributed by atoms with van der Waals surface area (Å²) in [7, 11) is -7.16. The van der Waals surface area contributed by atoms with Crippen molar-refractivity contribution >= 4 is 40.4 Å². The Morgan fingerprint density at radius 2 is 1.04 bits per heavy atom. The summed E-state index contributed by atoms with van der Waals surface area (Å²) in [4.78, 5) is 52.1. The number of aliphatic hydroxyl groups excluding tert-OH is 8. The Balaban J connectivity index is -0.000000321. The van der Waals surface area contributed by atoms with E-state index in [2.05, 4.69) is 50.2 Å². The van der Waals surface area contributed by atoms with Crippen LogP contribution in [0.3, 0.4) is 0 Å². The van der Waals surface area contributed by atoms with Gasteiger partial charge in [-0.05, 0) is 35.2 Å². The largest absolute Gasteiger partial charge is 0.490 e. The number of nitrogen functional groups attached to an aromatic ring is 1. The van der Waals surface area contributed by atoms with Crippen molar-refractivity contribution in [2.24, 2.45) is 0 Å². The minimum absolute atomic E-state index is 0.218. The standard InChI is InChI=1S/C10H13N5O4.5C3H9NO.H5O10P3/c11-8-5-9(13-2-12-8)15(3-14-5)10-7(18)6(17)4(1-16)19-10;5*1-4-2-3-5;1-11(2,3)9-13(7,8)10-12(4,5)6/h2-4,6-7,10,16-18H,1H2,(H2,11,12,13);5*4-5H,2-3H2,1H3;(H,7,8)(H2,1,2,3)(H2,4,5,6)/t4-,6-,7-,10-;;;;;;/m1....../s1. The average Bonchev–Trinajstić information content (AvgIpc) is 3.67. The third-order valence-corrected chi connectivity index (χ3v) is 8.76. The highest BCUT2D eigenvalue weighted by Gasteiger charge is 2.44. The summed E-state index contributed by atoms with van der Waals surface area (Å²) in [6, 6.07) is 0. The Labute approximate surface area is 329 Å². The molecule has 1 fully saturated rings. The zero-order chi connectivity index (χ0) is 45.1.